The van der Waals surface area contributed by atoms with Crippen molar-refractivity contribution in [3.05, 3.63) is 29.3 Å². The van der Waals surface area contributed by atoms with Gasteiger partial charge in [-0.15, -0.1) is 0 Å². The third-order valence-electron chi connectivity index (χ3n) is 3.38. The molecule has 0 saturated carbocycles. The van der Waals surface area contributed by atoms with Crippen molar-refractivity contribution in [2.75, 3.05) is 7.05 Å². The molecule has 0 fully saturated rings. The van der Waals surface area contributed by atoms with Crippen molar-refractivity contribution in [2.45, 2.75) is 37.6 Å². The van der Waals surface area contributed by atoms with Crippen molar-refractivity contribution in [3.8, 4) is 6.07 Å². The van der Waals surface area contributed by atoms with Gasteiger partial charge in [-0.1, -0.05) is 13.0 Å². The van der Waals surface area contributed by atoms with Crippen molar-refractivity contribution in [1.82, 2.24) is 4.31 Å². The molecule has 0 amide bonds. The minimum absolute atomic E-state index is 0.0140. The highest BCUT2D eigenvalue weighted by atomic mass is 32.2. The number of aryl methyl sites for hydroxylation is 1. The molecule has 0 aliphatic heterocycles. The minimum atomic E-state index is -3.82. The number of aromatic carboxylic acids is 1. The Hall–Kier alpha value is -1.91. The lowest BCUT2D eigenvalue weighted by Gasteiger charge is -2.22. The molecule has 1 atom stereocenters. The summed E-state index contributed by atoms with van der Waals surface area (Å²) < 4.78 is 26.0. The fourth-order valence-electron chi connectivity index (χ4n) is 1.89. The Morgan fingerprint density at radius 2 is 2.10 bits per heavy atom. The van der Waals surface area contributed by atoms with E-state index < -0.39 is 22.0 Å². The minimum Gasteiger partial charge on any atom is -0.478 e. The van der Waals surface area contributed by atoms with E-state index in [2.05, 4.69) is 0 Å². The van der Waals surface area contributed by atoms with Gasteiger partial charge in [-0.2, -0.15) is 9.57 Å². The lowest BCUT2D eigenvalue weighted by atomic mass is 10.1. The van der Waals surface area contributed by atoms with Crippen LogP contribution in [0.4, 0.5) is 0 Å². The molecule has 0 aliphatic rings. The van der Waals surface area contributed by atoms with Gasteiger partial charge < -0.3 is 5.11 Å². The van der Waals surface area contributed by atoms with E-state index in [-0.39, 0.29) is 16.9 Å². The monoisotopic (exact) mass is 310 g/mol. The summed E-state index contributed by atoms with van der Waals surface area (Å²) in [5, 5.41) is 17.8. The Balaban J connectivity index is 3.30. The van der Waals surface area contributed by atoms with E-state index in [1.807, 2.05) is 6.07 Å². The number of carboxylic acids is 1. The van der Waals surface area contributed by atoms with Crippen LogP contribution in [0.2, 0.25) is 0 Å². The van der Waals surface area contributed by atoms with Gasteiger partial charge in [-0.25, -0.2) is 13.2 Å². The largest absolute Gasteiger partial charge is 0.478 e. The quantitative estimate of drug-likeness (QED) is 0.864. The van der Waals surface area contributed by atoms with E-state index in [0.717, 1.165) is 4.31 Å². The SMILES string of the molecule is CCc1ccc(S(=O)(=O)N(C)C(C)CC#N)cc1C(=O)O. The molecule has 6 nitrogen and oxygen atoms in total. The van der Waals surface area contributed by atoms with Crippen molar-refractivity contribution in [3.63, 3.8) is 0 Å². The molecule has 0 aliphatic carbocycles. The van der Waals surface area contributed by atoms with Crippen molar-refractivity contribution >= 4 is 16.0 Å². The molecular weight excluding hydrogens is 292 g/mol. The predicted octanol–water partition coefficient (Wildman–Crippen LogP) is 1.87. The Bertz CT molecular complexity index is 677. The Morgan fingerprint density at radius 1 is 1.48 bits per heavy atom. The number of carbonyl (C=O) groups is 1. The van der Waals surface area contributed by atoms with Crippen LogP contribution >= 0.6 is 0 Å². The van der Waals surface area contributed by atoms with Crippen LogP contribution in [0, 0.1) is 11.3 Å². The normalized spacial score (nSPS) is 12.9. The first-order chi connectivity index (χ1) is 9.75. The van der Waals surface area contributed by atoms with Crippen LogP contribution in [-0.4, -0.2) is 36.9 Å². The highest BCUT2D eigenvalue weighted by Gasteiger charge is 2.26. The highest BCUT2D eigenvalue weighted by Crippen LogP contribution is 2.21. The Morgan fingerprint density at radius 3 is 2.57 bits per heavy atom. The standard InChI is InChI=1S/C14H18N2O4S/c1-4-11-5-6-12(9-13(11)14(17)18)21(19,20)16(3)10(2)7-8-15/h5-6,9-10H,4,7H2,1-3H3,(H,17,18). The lowest BCUT2D eigenvalue weighted by Crippen LogP contribution is -2.35. The maximum absolute atomic E-state index is 12.4. The van der Waals surface area contributed by atoms with E-state index in [0.29, 0.717) is 12.0 Å². The first-order valence-corrected chi connectivity index (χ1v) is 7.90. The van der Waals surface area contributed by atoms with Crippen molar-refractivity contribution in [2.24, 2.45) is 0 Å². The number of hydrogen-bond acceptors (Lipinski definition) is 4. The number of benzene rings is 1. The van der Waals surface area contributed by atoms with Gasteiger partial charge in [-0.3, -0.25) is 0 Å². The van der Waals surface area contributed by atoms with E-state index in [9.17, 15) is 13.2 Å². The fraction of sp³-hybridized carbons (Fsp3) is 0.429. The van der Waals surface area contributed by atoms with E-state index in [1.54, 1.807) is 13.8 Å². The average molecular weight is 310 g/mol. The number of hydrogen-bond donors (Lipinski definition) is 1. The van der Waals surface area contributed by atoms with Crippen LogP contribution in [0.1, 0.15) is 36.2 Å². The molecule has 21 heavy (non-hydrogen) atoms. The van der Waals surface area contributed by atoms with Crippen LogP contribution in [0.15, 0.2) is 23.1 Å². The molecule has 0 heterocycles. The highest BCUT2D eigenvalue weighted by molar-refractivity contribution is 7.89. The molecule has 0 spiro atoms. The lowest BCUT2D eigenvalue weighted by molar-refractivity contribution is 0.0695. The zero-order chi connectivity index (χ0) is 16.2. The van der Waals surface area contributed by atoms with Gasteiger partial charge in [0.25, 0.3) is 0 Å². The summed E-state index contributed by atoms with van der Waals surface area (Å²) in [5.41, 5.74) is 0.564. The van der Waals surface area contributed by atoms with Gasteiger partial charge in [0.15, 0.2) is 0 Å². The summed E-state index contributed by atoms with van der Waals surface area (Å²) in [5.74, 6) is -1.16. The maximum atomic E-state index is 12.4. The number of nitriles is 1. The number of sulfonamides is 1. The van der Waals surface area contributed by atoms with Crippen molar-refractivity contribution < 1.29 is 18.3 Å². The van der Waals surface area contributed by atoms with E-state index in [1.165, 1.54) is 25.2 Å². The summed E-state index contributed by atoms with van der Waals surface area (Å²) in [6.07, 6.45) is 0.567. The predicted molar refractivity (Wildman–Crippen MR) is 77.4 cm³/mol. The average Bonchev–Trinajstić information content (AvgIpc) is 2.45. The summed E-state index contributed by atoms with van der Waals surface area (Å²) in [7, 11) is -2.44. The van der Waals surface area contributed by atoms with E-state index in [4.69, 9.17) is 10.4 Å². The zero-order valence-corrected chi connectivity index (χ0v) is 13.0. The molecule has 1 aromatic rings. The number of rotatable bonds is 6. The Labute approximate surface area is 124 Å². The molecular formula is C14H18N2O4S. The Kier molecular flexibility index (Phi) is 5.47. The van der Waals surface area contributed by atoms with Gasteiger partial charge in [-0.05, 0) is 31.0 Å². The molecule has 114 valence electrons. The number of nitrogens with zero attached hydrogens (tertiary/aromatic N) is 2. The van der Waals surface area contributed by atoms with Gasteiger partial charge in [0.05, 0.1) is 22.9 Å². The second-order valence-electron chi connectivity index (χ2n) is 4.71. The van der Waals surface area contributed by atoms with Gasteiger partial charge in [0.2, 0.25) is 10.0 Å². The molecule has 0 bridgehead atoms. The van der Waals surface area contributed by atoms with E-state index >= 15 is 0 Å². The molecule has 1 rings (SSSR count). The van der Waals surface area contributed by atoms with Gasteiger partial charge >= 0.3 is 5.97 Å². The van der Waals surface area contributed by atoms with Gasteiger partial charge in [0.1, 0.15) is 0 Å². The first kappa shape index (κ1) is 17.1. The van der Waals surface area contributed by atoms with Crippen molar-refractivity contribution in [1.29, 1.82) is 5.26 Å². The van der Waals surface area contributed by atoms with Crippen LogP contribution in [-0.2, 0) is 16.4 Å². The first-order valence-electron chi connectivity index (χ1n) is 6.46. The molecule has 0 saturated heterocycles. The third kappa shape index (κ3) is 3.60. The summed E-state index contributed by atoms with van der Waals surface area (Å²) in [6, 6.07) is 5.52. The zero-order valence-electron chi connectivity index (χ0n) is 12.2. The fourth-order valence-corrected chi connectivity index (χ4v) is 3.27. The maximum Gasteiger partial charge on any atom is 0.336 e. The second-order valence-corrected chi connectivity index (χ2v) is 6.71. The molecule has 0 aromatic heterocycles. The van der Waals surface area contributed by atoms with Crippen LogP contribution in [0.25, 0.3) is 0 Å². The third-order valence-corrected chi connectivity index (χ3v) is 5.34. The molecule has 1 aromatic carbocycles. The topological polar surface area (TPSA) is 98.5 Å². The molecule has 1 N–H and O–H groups in total. The molecule has 0 radical (unpaired) electrons. The second kappa shape index (κ2) is 6.70. The smallest absolute Gasteiger partial charge is 0.336 e. The summed E-state index contributed by atoms with van der Waals surface area (Å²) >= 11 is 0. The summed E-state index contributed by atoms with van der Waals surface area (Å²) in [4.78, 5) is 11.1. The van der Waals surface area contributed by atoms with Crippen LogP contribution in [0.3, 0.4) is 0 Å². The van der Waals surface area contributed by atoms with Gasteiger partial charge in [0, 0.05) is 13.1 Å². The number of carboxylic acid groups (broad SMARTS) is 1. The molecule has 7 heteroatoms. The van der Waals surface area contributed by atoms with Crippen LogP contribution < -0.4 is 0 Å². The molecule has 1 unspecified atom stereocenters. The summed E-state index contributed by atoms with van der Waals surface area (Å²) in [6.45, 7) is 3.43. The van der Waals surface area contributed by atoms with Crippen LogP contribution in [0.5, 0.6) is 0 Å².